The quantitative estimate of drug-likeness (QED) is 0.460. The second-order valence-electron chi connectivity index (χ2n) is 4.30. The molecule has 1 atom stereocenters. The van der Waals surface area contributed by atoms with Gasteiger partial charge in [0, 0.05) is 6.42 Å². The van der Waals surface area contributed by atoms with Crippen molar-refractivity contribution in [1.29, 1.82) is 0 Å². The first-order valence-electron chi connectivity index (χ1n) is 4.50. The van der Waals surface area contributed by atoms with Crippen molar-refractivity contribution in [2.75, 3.05) is 7.11 Å². The Labute approximate surface area is 82.6 Å². The number of ether oxygens (including phenoxy) is 1. The van der Waals surface area contributed by atoms with E-state index in [2.05, 4.69) is 4.74 Å². The van der Waals surface area contributed by atoms with Crippen LogP contribution in [-0.4, -0.2) is 24.6 Å². The summed E-state index contributed by atoms with van der Waals surface area (Å²) in [5.74, 6) is -1.74. The van der Waals surface area contributed by atoms with Crippen molar-refractivity contribution in [2.45, 2.75) is 26.7 Å². The summed E-state index contributed by atoms with van der Waals surface area (Å²) in [7, 11) is 1.25. The summed E-state index contributed by atoms with van der Waals surface area (Å²) in [5, 5.41) is 0. The van der Waals surface area contributed by atoms with Crippen molar-refractivity contribution in [3.8, 4) is 0 Å². The van der Waals surface area contributed by atoms with E-state index in [0.717, 1.165) is 0 Å². The number of Topliss-reactive ketones (excluding diaryl/α,β-unsaturated/α-hetero) is 2. The van der Waals surface area contributed by atoms with Crippen LogP contribution < -0.4 is 0 Å². The molecule has 0 unspecified atom stereocenters. The van der Waals surface area contributed by atoms with Gasteiger partial charge in [-0.2, -0.15) is 0 Å². The number of ketones is 2. The molecule has 0 spiro atoms. The summed E-state index contributed by atoms with van der Waals surface area (Å²) < 4.78 is 4.56. The average Bonchev–Trinajstić information content (AvgIpc) is 1.99. The van der Waals surface area contributed by atoms with E-state index in [9.17, 15) is 14.4 Å². The number of carbonyl (C=O) groups is 3. The maximum Gasteiger partial charge on any atom is 0.316 e. The van der Waals surface area contributed by atoms with Crippen LogP contribution >= 0.6 is 0 Å². The first kappa shape index (κ1) is 10.9. The van der Waals surface area contributed by atoms with Gasteiger partial charge in [0.05, 0.1) is 13.5 Å². The van der Waals surface area contributed by atoms with E-state index in [1.54, 1.807) is 13.8 Å². The van der Waals surface area contributed by atoms with Crippen molar-refractivity contribution >= 4 is 17.5 Å². The third kappa shape index (κ3) is 1.84. The van der Waals surface area contributed by atoms with E-state index < -0.39 is 17.3 Å². The zero-order valence-electron chi connectivity index (χ0n) is 8.62. The lowest BCUT2D eigenvalue weighted by molar-refractivity contribution is -0.157. The lowest BCUT2D eigenvalue weighted by Gasteiger charge is -2.34. The SMILES string of the molecule is COC(=O)[C@@H]1C(=O)CC(=O)CC1(C)C. The monoisotopic (exact) mass is 198 g/mol. The predicted octanol–water partition coefficient (Wildman–Crippen LogP) is 0.734. The van der Waals surface area contributed by atoms with Gasteiger partial charge in [0.2, 0.25) is 0 Å². The lowest BCUT2D eigenvalue weighted by atomic mass is 9.68. The molecular weight excluding hydrogens is 184 g/mol. The fourth-order valence-corrected chi connectivity index (χ4v) is 1.97. The van der Waals surface area contributed by atoms with Crippen LogP contribution in [0.15, 0.2) is 0 Å². The van der Waals surface area contributed by atoms with E-state index >= 15 is 0 Å². The predicted molar refractivity (Wildman–Crippen MR) is 48.5 cm³/mol. The van der Waals surface area contributed by atoms with Crippen LogP contribution in [0.4, 0.5) is 0 Å². The van der Waals surface area contributed by atoms with Gasteiger partial charge in [-0.05, 0) is 5.41 Å². The zero-order chi connectivity index (χ0) is 10.9. The fraction of sp³-hybridized carbons (Fsp3) is 0.700. The molecule has 0 bridgehead atoms. The molecule has 0 aliphatic heterocycles. The Hall–Kier alpha value is -1.19. The van der Waals surface area contributed by atoms with Gasteiger partial charge >= 0.3 is 5.97 Å². The molecule has 0 amide bonds. The number of hydrogen-bond acceptors (Lipinski definition) is 4. The molecule has 0 aromatic rings. The normalized spacial score (nSPS) is 26.1. The molecule has 1 saturated carbocycles. The summed E-state index contributed by atoms with van der Waals surface area (Å²) in [6, 6.07) is 0. The number of esters is 1. The minimum absolute atomic E-state index is 0.0971. The molecule has 1 aliphatic carbocycles. The van der Waals surface area contributed by atoms with Gasteiger partial charge < -0.3 is 4.74 Å². The summed E-state index contributed by atoms with van der Waals surface area (Å²) >= 11 is 0. The molecule has 0 heterocycles. The van der Waals surface area contributed by atoms with Gasteiger partial charge in [-0.15, -0.1) is 0 Å². The summed E-state index contributed by atoms with van der Waals surface area (Å²) in [4.78, 5) is 34.0. The van der Waals surface area contributed by atoms with Gasteiger partial charge in [0.25, 0.3) is 0 Å². The third-order valence-corrected chi connectivity index (χ3v) is 2.56. The van der Waals surface area contributed by atoms with Gasteiger partial charge in [-0.1, -0.05) is 13.8 Å². The van der Waals surface area contributed by atoms with Crippen LogP contribution in [0.1, 0.15) is 26.7 Å². The highest BCUT2D eigenvalue weighted by Crippen LogP contribution is 2.37. The molecular formula is C10H14O4. The Morgan fingerprint density at radius 1 is 1.43 bits per heavy atom. The van der Waals surface area contributed by atoms with Crippen molar-refractivity contribution in [2.24, 2.45) is 11.3 Å². The van der Waals surface area contributed by atoms with Crippen LogP contribution in [0.25, 0.3) is 0 Å². The molecule has 4 nitrogen and oxygen atoms in total. The second kappa shape index (κ2) is 3.52. The van der Waals surface area contributed by atoms with Crippen molar-refractivity contribution in [3.05, 3.63) is 0 Å². The molecule has 0 aromatic carbocycles. The smallest absolute Gasteiger partial charge is 0.316 e. The Morgan fingerprint density at radius 3 is 2.43 bits per heavy atom. The number of rotatable bonds is 1. The summed E-state index contributed by atoms with van der Waals surface area (Å²) in [6.45, 7) is 3.48. The third-order valence-electron chi connectivity index (χ3n) is 2.56. The topological polar surface area (TPSA) is 60.4 Å². The van der Waals surface area contributed by atoms with Crippen LogP contribution in [0.2, 0.25) is 0 Å². The molecule has 1 aliphatic rings. The molecule has 0 aromatic heterocycles. The highest BCUT2D eigenvalue weighted by Gasteiger charge is 2.46. The molecule has 0 saturated heterocycles. The van der Waals surface area contributed by atoms with Crippen LogP contribution in [0, 0.1) is 11.3 Å². The maximum atomic E-state index is 11.5. The van der Waals surface area contributed by atoms with E-state index in [1.807, 2.05) is 0 Å². The minimum Gasteiger partial charge on any atom is -0.468 e. The average molecular weight is 198 g/mol. The van der Waals surface area contributed by atoms with E-state index in [4.69, 9.17) is 0 Å². The summed E-state index contributed by atoms with van der Waals surface area (Å²) in [5.41, 5.74) is -0.612. The standard InChI is InChI=1S/C10H14O4/c1-10(2)5-6(11)4-7(12)8(10)9(13)14-3/h8H,4-5H2,1-3H3/t8-/m0/s1. The van der Waals surface area contributed by atoms with E-state index in [1.165, 1.54) is 7.11 Å². The second-order valence-corrected chi connectivity index (χ2v) is 4.30. The Balaban J connectivity index is 2.96. The van der Waals surface area contributed by atoms with Crippen LogP contribution in [-0.2, 0) is 19.1 Å². The minimum atomic E-state index is -0.787. The van der Waals surface area contributed by atoms with Gasteiger partial charge in [-0.25, -0.2) is 0 Å². The van der Waals surface area contributed by atoms with Gasteiger partial charge in [-0.3, -0.25) is 14.4 Å². The Kier molecular flexibility index (Phi) is 2.73. The number of carbonyl (C=O) groups excluding carboxylic acids is 3. The Morgan fingerprint density at radius 2 is 2.00 bits per heavy atom. The van der Waals surface area contributed by atoms with Crippen molar-refractivity contribution < 1.29 is 19.1 Å². The number of methoxy groups -OCH3 is 1. The molecule has 14 heavy (non-hydrogen) atoms. The van der Waals surface area contributed by atoms with Crippen molar-refractivity contribution in [3.63, 3.8) is 0 Å². The van der Waals surface area contributed by atoms with E-state index in [0.29, 0.717) is 0 Å². The van der Waals surface area contributed by atoms with Gasteiger partial charge in [0.15, 0.2) is 5.78 Å². The molecule has 1 rings (SSSR count). The summed E-state index contributed by atoms with van der Waals surface area (Å²) in [6.07, 6.45) is 0.127. The first-order valence-corrected chi connectivity index (χ1v) is 4.50. The zero-order valence-corrected chi connectivity index (χ0v) is 8.62. The van der Waals surface area contributed by atoms with Crippen LogP contribution in [0.5, 0.6) is 0 Å². The highest BCUT2D eigenvalue weighted by molar-refractivity contribution is 6.11. The lowest BCUT2D eigenvalue weighted by Crippen LogP contribution is -2.44. The number of hydrogen-bond donors (Lipinski definition) is 0. The van der Waals surface area contributed by atoms with Gasteiger partial charge in [0.1, 0.15) is 11.7 Å². The van der Waals surface area contributed by atoms with Crippen LogP contribution in [0.3, 0.4) is 0 Å². The molecule has 78 valence electrons. The largest absolute Gasteiger partial charge is 0.468 e. The van der Waals surface area contributed by atoms with E-state index in [-0.39, 0.29) is 24.4 Å². The first-order chi connectivity index (χ1) is 6.38. The highest BCUT2D eigenvalue weighted by atomic mass is 16.5. The molecule has 0 N–H and O–H groups in total. The molecule has 1 fully saturated rings. The van der Waals surface area contributed by atoms with Crippen molar-refractivity contribution in [1.82, 2.24) is 0 Å². The fourth-order valence-electron chi connectivity index (χ4n) is 1.97. The molecule has 4 heteroatoms. The maximum absolute atomic E-state index is 11.5. The molecule has 0 radical (unpaired) electrons. The Bertz CT molecular complexity index is 290.